The summed E-state index contributed by atoms with van der Waals surface area (Å²) < 4.78 is 0. The first kappa shape index (κ1) is 7.77. The van der Waals surface area contributed by atoms with Gasteiger partial charge < -0.3 is 0 Å². The first-order valence-corrected chi connectivity index (χ1v) is 3.53. The molecule has 0 spiro atoms. The fraction of sp³-hybridized carbons (Fsp3) is 0.200. The molecule has 1 aromatic heterocycles. The number of hydrogen-bond acceptors (Lipinski definition) is 1. The molecule has 1 rings (SSSR count). The van der Waals surface area contributed by atoms with Crippen LogP contribution in [0.15, 0.2) is 24.6 Å². The second-order valence-corrected chi connectivity index (χ2v) is 2.54. The average molecular weight is 145 g/mol. The van der Waals surface area contributed by atoms with Gasteiger partial charge in [-0.15, -0.1) is 5.73 Å². The van der Waals surface area contributed by atoms with Gasteiger partial charge in [-0.2, -0.15) is 0 Å². The van der Waals surface area contributed by atoms with Gasteiger partial charge in [-0.05, 0) is 31.6 Å². The Hall–Kier alpha value is -1.33. The van der Waals surface area contributed by atoms with Crippen molar-refractivity contribution in [2.75, 3.05) is 0 Å². The van der Waals surface area contributed by atoms with Gasteiger partial charge in [-0.1, -0.05) is 6.58 Å². The summed E-state index contributed by atoms with van der Waals surface area (Å²) in [5.74, 6) is 0. The highest BCUT2D eigenvalue weighted by Crippen LogP contribution is 2.07. The molecule has 1 heterocycles. The Balaban J connectivity index is 3.22. The number of hydrogen-bond donors (Lipinski definition) is 0. The van der Waals surface area contributed by atoms with Gasteiger partial charge in [0.25, 0.3) is 0 Å². The van der Waals surface area contributed by atoms with Crippen molar-refractivity contribution in [2.45, 2.75) is 13.8 Å². The van der Waals surface area contributed by atoms with Crippen LogP contribution in [0.1, 0.15) is 16.8 Å². The highest BCUT2D eigenvalue weighted by molar-refractivity contribution is 5.51. The largest absolute Gasteiger partial charge is 0.261 e. The van der Waals surface area contributed by atoms with Crippen molar-refractivity contribution in [3.63, 3.8) is 0 Å². The van der Waals surface area contributed by atoms with Gasteiger partial charge in [0.05, 0.1) is 0 Å². The molecule has 0 radical (unpaired) electrons. The molecule has 1 nitrogen and oxygen atoms in total. The smallest absolute Gasteiger partial charge is 0.0451 e. The fourth-order valence-corrected chi connectivity index (χ4v) is 0.916. The molecule has 0 saturated carbocycles. The number of pyridine rings is 1. The van der Waals surface area contributed by atoms with Gasteiger partial charge in [-0.25, -0.2) is 0 Å². The molecule has 1 heteroatoms. The van der Waals surface area contributed by atoms with E-state index >= 15 is 0 Å². The van der Waals surface area contributed by atoms with E-state index in [1.54, 1.807) is 0 Å². The molecule has 1 aromatic rings. The summed E-state index contributed by atoms with van der Waals surface area (Å²) in [6.45, 7) is 7.51. The van der Waals surface area contributed by atoms with E-state index in [1.807, 2.05) is 26.1 Å². The van der Waals surface area contributed by atoms with Crippen LogP contribution in [0.4, 0.5) is 0 Å². The van der Waals surface area contributed by atoms with Crippen LogP contribution in [0.5, 0.6) is 0 Å². The zero-order valence-corrected chi connectivity index (χ0v) is 6.89. The van der Waals surface area contributed by atoms with Crippen molar-refractivity contribution in [1.29, 1.82) is 0 Å². The summed E-state index contributed by atoms with van der Waals surface area (Å²) in [5.41, 5.74) is 6.02. The van der Waals surface area contributed by atoms with Gasteiger partial charge in [-0.3, -0.25) is 4.98 Å². The molecule has 56 valence electrons. The van der Waals surface area contributed by atoms with Crippen molar-refractivity contribution in [2.24, 2.45) is 0 Å². The first-order chi connectivity index (χ1) is 5.24. The molecule has 0 atom stereocenters. The molecule has 0 saturated heterocycles. The molecule has 0 bridgehead atoms. The molecular formula is C10H11N. The molecule has 0 aromatic carbocycles. The molecule has 0 aliphatic heterocycles. The SMILES string of the molecule is C=C=Cc1cc(C)cnc1C. The minimum absolute atomic E-state index is 1.02. The van der Waals surface area contributed by atoms with E-state index in [1.165, 1.54) is 0 Å². The third-order valence-electron chi connectivity index (χ3n) is 1.52. The summed E-state index contributed by atoms with van der Waals surface area (Å²) in [4.78, 5) is 4.20. The zero-order chi connectivity index (χ0) is 8.27. The van der Waals surface area contributed by atoms with E-state index in [9.17, 15) is 0 Å². The Kier molecular flexibility index (Phi) is 2.25. The second-order valence-electron chi connectivity index (χ2n) is 2.54. The lowest BCUT2D eigenvalue weighted by molar-refractivity contribution is 1.16. The molecule has 0 amide bonds. The van der Waals surface area contributed by atoms with E-state index < -0.39 is 0 Å². The topological polar surface area (TPSA) is 12.9 Å². The third-order valence-corrected chi connectivity index (χ3v) is 1.52. The van der Waals surface area contributed by atoms with E-state index in [4.69, 9.17) is 0 Å². The van der Waals surface area contributed by atoms with Crippen molar-refractivity contribution in [3.05, 3.63) is 41.4 Å². The minimum atomic E-state index is 1.02. The fourth-order valence-electron chi connectivity index (χ4n) is 0.916. The summed E-state index contributed by atoms with van der Waals surface area (Å²) in [6.07, 6.45) is 3.70. The van der Waals surface area contributed by atoms with Crippen molar-refractivity contribution in [3.8, 4) is 0 Å². The molecule has 0 aliphatic carbocycles. The Morgan fingerprint density at radius 1 is 1.55 bits per heavy atom. The number of nitrogens with zero attached hydrogens (tertiary/aromatic N) is 1. The van der Waals surface area contributed by atoms with Crippen LogP contribution in [0, 0.1) is 13.8 Å². The quantitative estimate of drug-likeness (QED) is 0.553. The Morgan fingerprint density at radius 2 is 2.27 bits per heavy atom. The summed E-state index contributed by atoms with van der Waals surface area (Å²) in [5, 5.41) is 0. The van der Waals surface area contributed by atoms with Gasteiger partial charge >= 0.3 is 0 Å². The van der Waals surface area contributed by atoms with E-state index in [-0.39, 0.29) is 0 Å². The molecule has 11 heavy (non-hydrogen) atoms. The second kappa shape index (κ2) is 3.18. The lowest BCUT2D eigenvalue weighted by atomic mass is 10.1. The molecule has 0 unspecified atom stereocenters. The first-order valence-electron chi connectivity index (χ1n) is 3.53. The number of aromatic nitrogens is 1. The average Bonchev–Trinajstić information content (AvgIpc) is 1.98. The van der Waals surface area contributed by atoms with Gasteiger partial charge in [0, 0.05) is 17.5 Å². The standard InChI is InChI=1S/C10H11N/c1-4-5-10-6-8(2)7-11-9(10)3/h5-7H,1H2,2-3H3. The lowest BCUT2D eigenvalue weighted by Crippen LogP contribution is -1.86. The van der Waals surface area contributed by atoms with Crippen molar-refractivity contribution < 1.29 is 0 Å². The minimum Gasteiger partial charge on any atom is -0.261 e. The van der Waals surface area contributed by atoms with Crippen LogP contribution >= 0.6 is 0 Å². The monoisotopic (exact) mass is 145 g/mol. The number of rotatable bonds is 1. The molecule has 0 N–H and O–H groups in total. The van der Waals surface area contributed by atoms with Crippen molar-refractivity contribution >= 4 is 6.08 Å². The molecular weight excluding hydrogens is 134 g/mol. The highest BCUT2D eigenvalue weighted by atomic mass is 14.7. The summed E-state index contributed by atoms with van der Waals surface area (Å²) in [7, 11) is 0. The van der Waals surface area contributed by atoms with Gasteiger partial charge in [0.1, 0.15) is 0 Å². The van der Waals surface area contributed by atoms with Crippen molar-refractivity contribution in [1.82, 2.24) is 4.98 Å². The van der Waals surface area contributed by atoms with Crippen LogP contribution in [0.3, 0.4) is 0 Å². The predicted molar refractivity (Wildman–Crippen MR) is 47.3 cm³/mol. The van der Waals surface area contributed by atoms with E-state index in [0.717, 1.165) is 16.8 Å². The summed E-state index contributed by atoms with van der Waals surface area (Å²) >= 11 is 0. The maximum atomic E-state index is 4.20. The maximum Gasteiger partial charge on any atom is 0.0451 e. The Morgan fingerprint density at radius 3 is 2.91 bits per heavy atom. The Labute approximate surface area is 67.1 Å². The van der Waals surface area contributed by atoms with Crippen LogP contribution in [-0.4, -0.2) is 4.98 Å². The summed E-state index contributed by atoms with van der Waals surface area (Å²) in [6, 6.07) is 2.07. The Bertz CT molecular complexity index is 307. The van der Waals surface area contributed by atoms with Crippen LogP contribution < -0.4 is 0 Å². The van der Waals surface area contributed by atoms with Crippen LogP contribution in [0.2, 0.25) is 0 Å². The van der Waals surface area contributed by atoms with E-state index in [0.29, 0.717) is 0 Å². The third kappa shape index (κ3) is 1.79. The number of aryl methyl sites for hydroxylation is 2. The zero-order valence-electron chi connectivity index (χ0n) is 6.89. The van der Waals surface area contributed by atoms with Gasteiger partial charge in [0.2, 0.25) is 0 Å². The van der Waals surface area contributed by atoms with Crippen LogP contribution in [-0.2, 0) is 0 Å². The highest BCUT2D eigenvalue weighted by Gasteiger charge is 1.93. The lowest BCUT2D eigenvalue weighted by Gasteiger charge is -1.98. The molecule has 0 fully saturated rings. The van der Waals surface area contributed by atoms with Crippen LogP contribution in [0.25, 0.3) is 6.08 Å². The maximum absolute atomic E-state index is 4.20. The molecule has 0 aliphatic rings. The predicted octanol–water partition coefficient (Wildman–Crippen LogP) is 2.50. The van der Waals surface area contributed by atoms with E-state index in [2.05, 4.69) is 23.4 Å². The van der Waals surface area contributed by atoms with Gasteiger partial charge in [0.15, 0.2) is 0 Å². The normalized spacial score (nSPS) is 8.91.